The van der Waals surface area contributed by atoms with Gasteiger partial charge in [-0.05, 0) is 32.4 Å². The molecule has 0 aromatic carbocycles. The first-order chi connectivity index (χ1) is 8.40. The summed E-state index contributed by atoms with van der Waals surface area (Å²) in [5, 5.41) is 6.96. The van der Waals surface area contributed by atoms with E-state index in [4.69, 9.17) is 5.73 Å². The SMILES string of the molecule is Cc1cc(C(=O)Nc2c(N)c(C)nn2C)sc1C. The lowest BCUT2D eigenvalue weighted by molar-refractivity contribution is 0.102. The van der Waals surface area contributed by atoms with Gasteiger partial charge in [-0.3, -0.25) is 9.48 Å². The van der Waals surface area contributed by atoms with Crippen molar-refractivity contribution in [3.63, 3.8) is 0 Å². The fourth-order valence-electron chi connectivity index (χ4n) is 1.68. The first-order valence-electron chi connectivity index (χ1n) is 5.57. The molecule has 0 aliphatic rings. The first kappa shape index (κ1) is 12.6. The van der Waals surface area contributed by atoms with Gasteiger partial charge in [0.05, 0.1) is 16.3 Å². The summed E-state index contributed by atoms with van der Waals surface area (Å²) in [6.07, 6.45) is 0. The molecule has 1 amide bonds. The Morgan fingerprint density at radius 2 is 2.11 bits per heavy atom. The van der Waals surface area contributed by atoms with Crippen LogP contribution >= 0.6 is 11.3 Å². The van der Waals surface area contributed by atoms with Crippen molar-refractivity contribution in [1.29, 1.82) is 0 Å². The van der Waals surface area contributed by atoms with E-state index in [9.17, 15) is 4.79 Å². The third kappa shape index (κ3) is 2.11. The third-order valence-corrected chi connectivity index (χ3v) is 4.04. The minimum Gasteiger partial charge on any atom is -0.394 e. The number of aromatic nitrogens is 2. The van der Waals surface area contributed by atoms with Crippen LogP contribution in [0.1, 0.15) is 25.8 Å². The Kier molecular flexibility index (Phi) is 3.13. The molecule has 6 heteroatoms. The molecule has 0 aliphatic heterocycles. The highest BCUT2D eigenvalue weighted by Gasteiger charge is 2.16. The number of anilines is 2. The Hall–Kier alpha value is -1.82. The quantitative estimate of drug-likeness (QED) is 0.873. The Morgan fingerprint density at radius 1 is 1.44 bits per heavy atom. The second-order valence-electron chi connectivity index (χ2n) is 4.28. The van der Waals surface area contributed by atoms with Gasteiger partial charge in [0, 0.05) is 11.9 Å². The zero-order valence-corrected chi connectivity index (χ0v) is 11.7. The van der Waals surface area contributed by atoms with Crippen LogP contribution in [0.2, 0.25) is 0 Å². The number of amides is 1. The lowest BCUT2D eigenvalue weighted by atomic mass is 10.3. The molecule has 0 radical (unpaired) electrons. The van der Waals surface area contributed by atoms with Gasteiger partial charge in [0.1, 0.15) is 0 Å². The summed E-state index contributed by atoms with van der Waals surface area (Å²) in [6, 6.07) is 1.88. The van der Waals surface area contributed by atoms with Crippen LogP contribution in [0.5, 0.6) is 0 Å². The molecule has 0 atom stereocenters. The van der Waals surface area contributed by atoms with E-state index in [-0.39, 0.29) is 5.91 Å². The van der Waals surface area contributed by atoms with Crippen molar-refractivity contribution in [1.82, 2.24) is 9.78 Å². The molecular weight excluding hydrogens is 248 g/mol. The summed E-state index contributed by atoms with van der Waals surface area (Å²) >= 11 is 1.48. The molecule has 0 saturated carbocycles. The number of rotatable bonds is 2. The summed E-state index contributed by atoms with van der Waals surface area (Å²) in [4.78, 5) is 13.9. The zero-order valence-electron chi connectivity index (χ0n) is 10.9. The highest BCUT2D eigenvalue weighted by Crippen LogP contribution is 2.24. The molecule has 0 unspecified atom stereocenters. The molecule has 2 aromatic heterocycles. The predicted molar refractivity (Wildman–Crippen MR) is 74.1 cm³/mol. The minimum atomic E-state index is -0.147. The Balaban J connectivity index is 2.26. The van der Waals surface area contributed by atoms with E-state index in [1.807, 2.05) is 26.8 Å². The van der Waals surface area contributed by atoms with Gasteiger partial charge in [-0.2, -0.15) is 5.10 Å². The van der Waals surface area contributed by atoms with Crippen LogP contribution in [0.15, 0.2) is 6.07 Å². The summed E-state index contributed by atoms with van der Waals surface area (Å²) in [6.45, 7) is 5.80. The van der Waals surface area contributed by atoms with E-state index in [1.54, 1.807) is 11.7 Å². The molecule has 2 rings (SSSR count). The Bertz CT molecular complexity index is 592. The maximum atomic E-state index is 12.1. The standard InChI is InChI=1S/C12H16N4OS/c1-6-5-9(18-8(6)3)12(17)14-11-10(13)7(2)15-16(11)4/h5H,13H2,1-4H3,(H,14,17). The summed E-state index contributed by atoms with van der Waals surface area (Å²) in [5.41, 5.74) is 8.22. The van der Waals surface area contributed by atoms with E-state index in [0.29, 0.717) is 22.1 Å². The molecule has 0 aliphatic carbocycles. The summed E-state index contributed by atoms with van der Waals surface area (Å²) in [7, 11) is 1.75. The fraction of sp³-hybridized carbons (Fsp3) is 0.333. The molecule has 96 valence electrons. The third-order valence-electron chi connectivity index (χ3n) is 2.89. The lowest BCUT2D eigenvalue weighted by Crippen LogP contribution is -2.14. The monoisotopic (exact) mass is 264 g/mol. The van der Waals surface area contributed by atoms with E-state index < -0.39 is 0 Å². The van der Waals surface area contributed by atoms with Crippen molar-refractivity contribution >= 4 is 28.7 Å². The predicted octanol–water partition coefficient (Wildman–Crippen LogP) is 2.24. The van der Waals surface area contributed by atoms with Gasteiger partial charge in [0.25, 0.3) is 5.91 Å². The number of nitrogens with two attached hydrogens (primary N) is 1. The molecule has 2 heterocycles. The molecule has 0 bridgehead atoms. The molecule has 3 N–H and O–H groups in total. The highest BCUT2D eigenvalue weighted by atomic mass is 32.1. The van der Waals surface area contributed by atoms with Crippen molar-refractivity contribution in [2.75, 3.05) is 11.1 Å². The number of nitrogens with one attached hydrogen (secondary N) is 1. The van der Waals surface area contributed by atoms with Crippen LogP contribution in [0, 0.1) is 20.8 Å². The van der Waals surface area contributed by atoms with E-state index in [2.05, 4.69) is 10.4 Å². The van der Waals surface area contributed by atoms with Crippen LogP contribution in [0.3, 0.4) is 0 Å². The number of carbonyl (C=O) groups excluding carboxylic acids is 1. The fourth-order valence-corrected chi connectivity index (χ4v) is 2.61. The lowest BCUT2D eigenvalue weighted by Gasteiger charge is -2.04. The summed E-state index contributed by atoms with van der Waals surface area (Å²) in [5.74, 6) is 0.395. The van der Waals surface area contributed by atoms with Gasteiger partial charge in [-0.15, -0.1) is 11.3 Å². The maximum absolute atomic E-state index is 12.1. The van der Waals surface area contributed by atoms with Crippen molar-refractivity contribution < 1.29 is 4.79 Å². The van der Waals surface area contributed by atoms with E-state index >= 15 is 0 Å². The number of hydrogen-bond acceptors (Lipinski definition) is 4. The number of carbonyl (C=O) groups is 1. The van der Waals surface area contributed by atoms with Crippen LogP contribution in [-0.4, -0.2) is 15.7 Å². The number of nitrogens with zero attached hydrogens (tertiary/aromatic N) is 2. The molecule has 18 heavy (non-hydrogen) atoms. The molecule has 0 saturated heterocycles. The van der Waals surface area contributed by atoms with Gasteiger partial charge >= 0.3 is 0 Å². The molecule has 0 fully saturated rings. The number of nitrogen functional groups attached to an aromatic ring is 1. The normalized spacial score (nSPS) is 10.7. The zero-order chi connectivity index (χ0) is 13.4. The second kappa shape index (κ2) is 4.45. The van der Waals surface area contributed by atoms with Gasteiger partial charge in [-0.25, -0.2) is 0 Å². The van der Waals surface area contributed by atoms with Gasteiger partial charge in [0.2, 0.25) is 0 Å². The number of hydrogen-bond donors (Lipinski definition) is 2. The smallest absolute Gasteiger partial charge is 0.266 e. The van der Waals surface area contributed by atoms with Crippen molar-refractivity contribution in [2.45, 2.75) is 20.8 Å². The highest BCUT2D eigenvalue weighted by molar-refractivity contribution is 7.14. The van der Waals surface area contributed by atoms with E-state index in [1.165, 1.54) is 11.3 Å². The molecular formula is C12H16N4OS. The molecule has 5 nitrogen and oxygen atoms in total. The van der Waals surface area contributed by atoms with Gasteiger partial charge in [0.15, 0.2) is 5.82 Å². The van der Waals surface area contributed by atoms with Crippen LogP contribution in [-0.2, 0) is 7.05 Å². The average Bonchev–Trinajstić information content (AvgIpc) is 2.75. The average molecular weight is 264 g/mol. The minimum absolute atomic E-state index is 0.147. The van der Waals surface area contributed by atoms with Crippen molar-refractivity contribution in [3.05, 3.63) is 27.1 Å². The largest absolute Gasteiger partial charge is 0.394 e. The van der Waals surface area contributed by atoms with Crippen LogP contribution in [0.4, 0.5) is 11.5 Å². The van der Waals surface area contributed by atoms with Crippen molar-refractivity contribution in [2.24, 2.45) is 7.05 Å². The molecule has 2 aromatic rings. The topological polar surface area (TPSA) is 72.9 Å². The number of thiophene rings is 1. The van der Waals surface area contributed by atoms with Gasteiger partial charge < -0.3 is 11.1 Å². The molecule has 0 spiro atoms. The van der Waals surface area contributed by atoms with Crippen molar-refractivity contribution in [3.8, 4) is 0 Å². The van der Waals surface area contributed by atoms with E-state index in [0.717, 1.165) is 10.4 Å². The Morgan fingerprint density at radius 3 is 2.56 bits per heavy atom. The second-order valence-corrected chi connectivity index (χ2v) is 5.53. The number of aryl methyl sites for hydroxylation is 4. The van der Waals surface area contributed by atoms with Crippen LogP contribution < -0.4 is 11.1 Å². The van der Waals surface area contributed by atoms with Gasteiger partial charge in [-0.1, -0.05) is 0 Å². The van der Waals surface area contributed by atoms with Crippen LogP contribution in [0.25, 0.3) is 0 Å². The Labute approximate surface area is 110 Å². The first-order valence-corrected chi connectivity index (χ1v) is 6.39. The maximum Gasteiger partial charge on any atom is 0.266 e. The summed E-state index contributed by atoms with van der Waals surface area (Å²) < 4.78 is 1.58.